The molecule has 0 fully saturated rings. The third-order valence-corrected chi connectivity index (χ3v) is 4.42. The number of unbranched alkanes of at least 4 members (excludes halogenated alkanes) is 1. The van der Waals surface area contributed by atoms with E-state index in [9.17, 15) is 0 Å². The Hall–Kier alpha value is -2.21. The molecule has 27 heavy (non-hydrogen) atoms. The Morgan fingerprint density at radius 2 is 1.93 bits per heavy atom. The van der Waals surface area contributed by atoms with Crippen molar-refractivity contribution < 1.29 is 4.74 Å². The van der Waals surface area contributed by atoms with E-state index in [0.717, 1.165) is 30.7 Å². The fourth-order valence-corrected chi connectivity index (χ4v) is 2.80. The van der Waals surface area contributed by atoms with E-state index in [1.54, 1.807) is 4.68 Å². The summed E-state index contributed by atoms with van der Waals surface area (Å²) in [4.78, 5) is 9.31. The summed E-state index contributed by atoms with van der Waals surface area (Å²) in [7, 11) is 0. The van der Waals surface area contributed by atoms with Gasteiger partial charge >= 0.3 is 0 Å². The van der Waals surface area contributed by atoms with Crippen molar-refractivity contribution in [2.75, 3.05) is 6.61 Å². The zero-order chi connectivity index (χ0) is 19.4. The predicted molar refractivity (Wildman–Crippen MR) is 107 cm³/mol. The van der Waals surface area contributed by atoms with Crippen LogP contribution in [0.25, 0.3) is 11.2 Å². The number of aromatic nitrogens is 5. The maximum absolute atomic E-state index is 6.30. The molecule has 0 unspecified atom stereocenters. The van der Waals surface area contributed by atoms with Crippen molar-refractivity contribution in [3.8, 4) is 5.88 Å². The standard InChI is InChI=1S/C20H26ClN5O/c1-5-6-11-16-22-18-17(19(23-16)27-13-20(2,3)4)24-25-26(18)12-14-9-7-8-10-15(14)21/h7-10H,5-6,11-13H2,1-4H3. The number of fused-ring (bicyclic) bond motifs is 1. The molecule has 0 amide bonds. The molecule has 0 spiro atoms. The number of nitrogens with zero attached hydrogens (tertiary/aromatic N) is 5. The lowest BCUT2D eigenvalue weighted by Crippen LogP contribution is -2.18. The molecule has 0 radical (unpaired) electrons. The lowest BCUT2D eigenvalue weighted by molar-refractivity contribution is 0.193. The summed E-state index contributed by atoms with van der Waals surface area (Å²) < 4.78 is 7.76. The first-order valence-electron chi connectivity index (χ1n) is 9.33. The molecular formula is C20H26ClN5O. The van der Waals surface area contributed by atoms with E-state index in [1.165, 1.54) is 0 Å². The molecule has 0 aliphatic rings. The first-order valence-corrected chi connectivity index (χ1v) is 9.71. The molecule has 7 heteroatoms. The van der Waals surface area contributed by atoms with Crippen LogP contribution in [0.2, 0.25) is 5.02 Å². The van der Waals surface area contributed by atoms with Crippen molar-refractivity contribution in [2.45, 2.75) is 53.5 Å². The monoisotopic (exact) mass is 387 g/mol. The van der Waals surface area contributed by atoms with E-state index in [2.05, 4.69) is 43.0 Å². The number of aryl methyl sites for hydroxylation is 1. The summed E-state index contributed by atoms with van der Waals surface area (Å²) in [5, 5.41) is 9.27. The Balaban J connectivity index is 1.99. The molecule has 0 aliphatic carbocycles. The maximum Gasteiger partial charge on any atom is 0.247 e. The van der Waals surface area contributed by atoms with Crippen LogP contribution >= 0.6 is 11.6 Å². The lowest BCUT2D eigenvalue weighted by Gasteiger charge is -2.18. The Labute approximate surface area is 164 Å². The molecule has 0 bridgehead atoms. The number of ether oxygens (including phenoxy) is 1. The normalized spacial score (nSPS) is 11.9. The van der Waals surface area contributed by atoms with Gasteiger partial charge in [0.1, 0.15) is 5.82 Å². The smallest absolute Gasteiger partial charge is 0.247 e. The summed E-state index contributed by atoms with van der Waals surface area (Å²) in [6, 6.07) is 7.72. The van der Waals surface area contributed by atoms with Crippen LogP contribution in [-0.4, -0.2) is 31.6 Å². The van der Waals surface area contributed by atoms with Gasteiger partial charge in [-0.2, -0.15) is 4.98 Å². The first kappa shape index (κ1) is 19.5. The second kappa shape index (κ2) is 8.21. The van der Waals surface area contributed by atoms with E-state index in [4.69, 9.17) is 21.3 Å². The Morgan fingerprint density at radius 3 is 2.63 bits per heavy atom. The number of hydrogen-bond acceptors (Lipinski definition) is 5. The quantitative estimate of drug-likeness (QED) is 0.588. The summed E-state index contributed by atoms with van der Waals surface area (Å²) >= 11 is 6.30. The van der Waals surface area contributed by atoms with Gasteiger partial charge in [-0.15, -0.1) is 5.10 Å². The SMILES string of the molecule is CCCCc1nc(OCC(C)(C)C)c2nnn(Cc3ccccc3Cl)c2n1. The lowest BCUT2D eigenvalue weighted by atomic mass is 9.99. The summed E-state index contributed by atoms with van der Waals surface area (Å²) in [5.41, 5.74) is 2.26. The molecular weight excluding hydrogens is 362 g/mol. The zero-order valence-corrected chi connectivity index (χ0v) is 17.1. The van der Waals surface area contributed by atoms with E-state index in [-0.39, 0.29) is 5.41 Å². The average molecular weight is 388 g/mol. The van der Waals surface area contributed by atoms with Gasteiger partial charge in [0.15, 0.2) is 11.2 Å². The molecule has 6 nitrogen and oxygen atoms in total. The molecule has 3 rings (SSSR count). The molecule has 2 heterocycles. The first-order chi connectivity index (χ1) is 12.9. The highest BCUT2D eigenvalue weighted by Gasteiger charge is 2.19. The van der Waals surface area contributed by atoms with Gasteiger partial charge in [0, 0.05) is 11.4 Å². The molecule has 3 aromatic rings. The number of hydrogen-bond donors (Lipinski definition) is 0. The van der Waals surface area contributed by atoms with E-state index in [1.807, 2.05) is 24.3 Å². The Morgan fingerprint density at radius 1 is 1.15 bits per heavy atom. The highest BCUT2D eigenvalue weighted by atomic mass is 35.5. The summed E-state index contributed by atoms with van der Waals surface area (Å²) in [6.45, 7) is 9.56. The van der Waals surface area contributed by atoms with Gasteiger partial charge in [0.25, 0.3) is 0 Å². The maximum atomic E-state index is 6.30. The van der Waals surface area contributed by atoms with Gasteiger partial charge < -0.3 is 4.74 Å². The predicted octanol–water partition coefficient (Wildman–Crippen LogP) is 4.69. The van der Waals surface area contributed by atoms with Crippen LogP contribution in [0.5, 0.6) is 5.88 Å². The Bertz CT molecular complexity index is 916. The Kier molecular flexibility index (Phi) is 5.95. The van der Waals surface area contributed by atoms with Crippen LogP contribution in [-0.2, 0) is 13.0 Å². The van der Waals surface area contributed by atoms with E-state index in [0.29, 0.717) is 35.2 Å². The van der Waals surface area contributed by atoms with Crippen LogP contribution in [0.1, 0.15) is 51.9 Å². The van der Waals surface area contributed by atoms with Crippen LogP contribution in [0.15, 0.2) is 24.3 Å². The van der Waals surface area contributed by atoms with Crippen molar-refractivity contribution in [1.29, 1.82) is 0 Å². The van der Waals surface area contributed by atoms with Crippen molar-refractivity contribution >= 4 is 22.8 Å². The van der Waals surface area contributed by atoms with Gasteiger partial charge in [-0.3, -0.25) is 0 Å². The van der Waals surface area contributed by atoms with Gasteiger partial charge in [-0.05, 0) is 23.5 Å². The fourth-order valence-electron chi connectivity index (χ4n) is 2.60. The number of halogens is 1. The third kappa shape index (κ3) is 4.95. The topological polar surface area (TPSA) is 65.7 Å². The van der Waals surface area contributed by atoms with Crippen LogP contribution < -0.4 is 4.74 Å². The average Bonchev–Trinajstić information content (AvgIpc) is 3.02. The van der Waals surface area contributed by atoms with Gasteiger partial charge in [0.05, 0.1) is 13.2 Å². The van der Waals surface area contributed by atoms with Crippen molar-refractivity contribution in [1.82, 2.24) is 25.0 Å². The van der Waals surface area contributed by atoms with Crippen LogP contribution in [0.3, 0.4) is 0 Å². The van der Waals surface area contributed by atoms with Gasteiger partial charge in [0.2, 0.25) is 5.88 Å². The zero-order valence-electron chi connectivity index (χ0n) is 16.4. The molecule has 0 atom stereocenters. The highest BCUT2D eigenvalue weighted by Crippen LogP contribution is 2.25. The second-order valence-electron chi connectivity index (χ2n) is 7.91. The van der Waals surface area contributed by atoms with Crippen molar-refractivity contribution in [2.24, 2.45) is 5.41 Å². The van der Waals surface area contributed by atoms with Crippen molar-refractivity contribution in [3.05, 3.63) is 40.7 Å². The molecule has 0 saturated carbocycles. The third-order valence-electron chi connectivity index (χ3n) is 4.05. The summed E-state index contributed by atoms with van der Waals surface area (Å²) in [6.07, 6.45) is 2.91. The molecule has 2 aromatic heterocycles. The fraction of sp³-hybridized carbons (Fsp3) is 0.500. The minimum atomic E-state index is 0.0222. The van der Waals surface area contributed by atoms with Crippen LogP contribution in [0, 0.1) is 5.41 Å². The highest BCUT2D eigenvalue weighted by molar-refractivity contribution is 6.31. The van der Waals surface area contributed by atoms with Gasteiger partial charge in [-0.1, -0.05) is 69.1 Å². The van der Waals surface area contributed by atoms with Gasteiger partial charge in [-0.25, -0.2) is 9.67 Å². The second-order valence-corrected chi connectivity index (χ2v) is 8.32. The summed E-state index contributed by atoms with van der Waals surface area (Å²) in [5.74, 6) is 1.27. The van der Waals surface area contributed by atoms with E-state index < -0.39 is 0 Å². The van der Waals surface area contributed by atoms with Crippen molar-refractivity contribution in [3.63, 3.8) is 0 Å². The molecule has 1 aromatic carbocycles. The number of benzene rings is 1. The van der Waals surface area contributed by atoms with E-state index >= 15 is 0 Å². The minimum absolute atomic E-state index is 0.0222. The minimum Gasteiger partial charge on any atom is -0.475 e. The largest absolute Gasteiger partial charge is 0.475 e. The molecule has 0 aliphatic heterocycles. The number of rotatable bonds is 7. The van der Waals surface area contributed by atoms with Crippen LogP contribution in [0.4, 0.5) is 0 Å². The molecule has 0 saturated heterocycles. The molecule has 144 valence electrons. The molecule has 0 N–H and O–H groups in total.